The third kappa shape index (κ3) is 3.49. The molecule has 2 heterocycles. The van der Waals surface area contributed by atoms with E-state index in [1.165, 1.54) is 0 Å². The number of rotatable bonds is 6. The summed E-state index contributed by atoms with van der Waals surface area (Å²) in [5, 5.41) is 3.94. The zero-order valence-corrected chi connectivity index (χ0v) is 12.9. The standard InChI is InChI=1S/C14H20ClN5/c1-4-16-9-12-11(15)5-6-13(18-12)20(3)10-14-17-7-8-19(14)2/h5-8,16H,4,9-10H2,1-3H3. The zero-order valence-electron chi connectivity index (χ0n) is 12.1. The first kappa shape index (κ1) is 14.8. The highest BCUT2D eigenvalue weighted by Crippen LogP contribution is 2.19. The number of nitrogens with zero attached hydrogens (tertiary/aromatic N) is 4. The van der Waals surface area contributed by atoms with E-state index in [9.17, 15) is 0 Å². The summed E-state index contributed by atoms with van der Waals surface area (Å²) in [5.41, 5.74) is 0.873. The first-order valence-electron chi connectivity index (χ1n) is 6.65. The number of aryl methyl sites for hydroxylation is 1. The Balaban J connectivity index is 2.13. The fourth-order valence-corrected chi connectivity index (χ4v) is 2.07. The van der Waals surface area contributed by atoms with E-state index in [2.05, 4.69) is 27.1 Å². The number of aromatic nitrogens is 3. The number of pyridine rings is 1. The van der Waals surface area contributed by atoms with E-state index < -0.39 is 0 Å². The van der Waals surface area contributed by atoms with Crippen molar-refractivity contribution < 1.29 is 0 Å². The van der Waals surface area contributed by atoms with E-state index in [-0.39, 0.29) is 0 Å². The Morgan fingerprint density at radius 1 is 1.40 bits per heavy atom. The van der Waals surface area contributed by atoms with Crippen molar-refractivity contribution >= 4 is 17.4 Å². The highest BCUT2D eigenvalue weighted by atomic mass is 35.5. The van der Waals surface area contributed by atoms with E-state index in [4.69, 9.17) is 11.6 Å². The summed E-state index contributed by atoms with van der Waals surface area (Å²) >= 11 is 6.17. The van der Waals surface area contributed by atoms with Crippen molar-refractivity contribution in [3.05, 3.63) is 41.1 Å². The van der Waals surface area contributed by atoms with Crippen LogP contribution in [0.25, 0.3) is 0 Å². The lowest BCUT2D eigenvalue weighted by atomic mass is 10.3. The third-order valence-corrected chi connectivity index (χ3v) is 3.48. The molecule has 0 aliphatic rings. The molecule has 2 aromatic heterocycles. The number of imidazole rings is 1. The lowest BCUT2D eigenvalue weighted by molar-refractivity contribution is 0.705. The van der Waals surface area contributed by atoms with Gasteiger partial charge in [-0.1, -0.05) is 18.5 Å². The molecule has 0 aliphatic carbocycles. The Labute approximate surface area is 124 Å². The van der Waals surface area contributed by atoms with Gasteiger partial charge in [-0.15, -0.1) is 0 Å². The van der Waals surface area contributed by atoms with Crippen LogP contribution < -0.4 is 10.2 Å². The molecule has 5 nitrogen and oxygen atoms in total. The maximum absolute atomic E-state index is 6.17. The molecule has 2 aromatic rings. The molecular formula is C14H20ClN5. The van der Waals surface area contributed by atoms with E-state index in [0.29, 0.717) is 18.1 Å². The number of anilines is 1. The summed E-state index contributed by atoms with van der Waals surface area (Å²) in [6.07, 6.45) is 3.74. The van der Waals surface area contributed by atoms with Gasteiger partial charge < -0.3 is 14.8 Å². The van der Waals surface area contributed by atoms with Gasteiger partial charge in [0.2, 0.25) is 0 Å². The van der Waals surface area contributed by atoms with E-state index in [1.54, 1.807) is 6.20 Å². The topological polar surface area (TPSA) is 46.0 Å². The summed E-state index contributed by atoms with van der Waals surface area (Å²) in [6.45, 7) is 4.34. The number of halogens is 1. The first-order valence-corrected chi connectivity index (χ1v) is 7.03. The molecule has 0 radical (unpaired) electrons. The Kier molecular flexibility index (Phi) is 4.98. The van der Waals surface area contributed by atoms with Crippen LogP contribution in [0.3, 0.4) is 0 Å². The number of hydrogen-bond donors (Lipinski definition) is 1. The lowest BCUT2D eigenvalue weighted by Crippen LogP contribution is -2.21. The lowest BCUT2D eigenvalue weighted by Gasteiger charge is -2.19. The van der Waals surface area contributed by atoms with Gasteiger partial charge >= 0.3 is 0 Å². The van der Waals surface area contributed by atoms with Crippen LogP contribution in [0.1, 0.15) is 18.4 Å². The Bertz CT molecular complexity index is 566. The van der Waals surface area contributed by atoms with Crippen LogP contribution in [0.2, 0.25) is 5.02 Å². The van der Waals surface area contributed by atoms with Gasteiger partial charge in [0.1, 0.15) is 11.6 Å². The van der Waals surface area contributed by atoms with E-state index in [0.717, 1.165) is 23.9 Å². The molecule has 0 aromatic carbocycles. The molecule has 0 bridgehead atoms. The third-order valence-electron chi connectivity index (χ3n) is 3.14. The fourth-order valence-electron chi connectivity index (χ4n) is 1.89. The molecular weight excluding hydrogens is 274 g/mol. The van der Waals surface area contributed by atoms with Crippen molar-refractivity contribution in [2.75, 3.05) is 18.5 Å². The second kappa shape index (κ2) is 6.72. The van der Waals surface area contributed by atoms with Crippen LogP contribution in [0.4, 0.5) is 5.82 Å². The summed E-state index contributed by atoms with van der Waals surface area (Å²) in [5.74, 6) is 1.89. The average Bonchev–Trinajstić information content (AvgIpc) is 2.83. The Morgan fingerprint density at radius 3 is 2.85 bits per heavy atom. The molecule has 0 unspecified atom stereocenters. The molecule has 0 saturated carbocycles. The molecule has 108 valence electrons. The molecule has 0 atom stereocenters. The summed E-state index contributed by atoms with van der Waals surface area (Å²) in [7, 11) is 3.99. The fraction of sp³-hybridized carbons (Fsp3) is 0.429. The monoisotopic (exact) mass is 293 g/mol. The second-order valence-corrected chi connectivity index (χ2v) is 5.10. The van der Waals surface area contributed by atoms with Gasteiger partial charge in [-0.3, -0.25) is 0 Å². The molecule has 0 amide bonds. The van der Waals surface area contributed by atoms with Gasteiger partial charge in [0.25, 0.3) is 0 Å². The van der Waals surface area contributed by atoms with Gasteiger partial charge in [0.15, 0.2) is 0 Å². The van der Waals surface area contributed by atoms with Crippen LogP contribution in [0.5, 0.6) is 0 Å². The highest BCUT2D eigenvalue weighted by Gasteiger charge is 2.09. The predicted octanol–water partition coefficient (Wildman–Crippen LogP) is 2.21. The summed E-state index contributed by atoms with van der Waals surface area (Å²) in [4.78, 5) is 11.0. The zero-order chi connectivity index (χ0) is 14.5. The van der Waals surface area contributed by atoms with Gasteiger partial charge in [-0.05, 0) is 18.7 Å². The van der Waals surface area contributed by atoms with E-state index >= 15 is 0 Å². The summed E-state index contributed by atoms with van der Waals surface area (Å²) in [6, 6.07) is 3.83. The van der Waals surface area contributed by atoms with Crippen LogP contribution in [-0.2, 0) is 20.1 Å². The smallest absolute Gasteiger partial charge is 0.129 e. The van der Waals surface area contributed by atoms with Crippen molar-refractivity contribution in [1.82, 2.24) is 19.9 Å². The number of nitrogens with one attached hydrogen (secondary N) is 1. The molecule has 20 heavy (non-hydrogen) atoms. The van der Waals surface area contributed by atoms with Gasteiger partial charge in [0.05, 0.1) is 17.3 Å². The maximum atomic E-state index is 6.17. The normalized spacial score (nSPS) is 10.8. The van der Waals surface area contributed by atoms with Crippen molar-refractivity contribution in [2.24, 2.45) is 7.05 Å². The molecule has 0 spiro atoms. The molecule has 0 fully saturated rings. The first-order chi connectivity index (χ1) is 9.61. The molecule has 1 N–H and O–H groups in total. The van der Waals surface area contributed by atoms with Crippen LogP contribution in [-0.4, -0.2) is 28.1 Å². The minimum atomic E-state index is 0.680. The van der Waals surface area contributed by atoms with Crippen LogP contribution in [0, 0.1) is 0 Å². The van der Waals surface area contributed by atoms with Gasteiger partial charge in [0, 0.05) is 33.0 Å². The van der Waals surface area contributed by atoms with Crippen molar-refractivity contribution in [1.29, 1.82) is 0 Å². The van der Waals surface area contributed by atoms with Crippen LogP contribution in [0.15, 0.2) is 24.5 Å². The minimum Gasteiger partial charge on any atom is -0.352 e. The summed E-state index contributed by atoms with van der Waals surface area (Å²) < 4.78 is 2.01. The number of hydrogen-bond acceptors (Lipinski definition) is 4. The van der Waals surface area contributed by atoms with Crippen molar-refractivity contribution in [3.8, 4) is 0 Å². The van der Waals surface area contributed by atoms with Gasteiger partial charge in [-0.25, -0.2) is 9.97 Å². The predicted molar refractivity (Wildman–Crippen MR) is 81.9 cm³/mol. The average molecular weight is 294 g/mol. The molecule has 0 saturated heterocycles. The molecule has 6 heteroatoms. The Hall–Kier alpha value is -1.59. The Morgan fingerprint density at radius 2 is 2.20 bits per heavy atom. The largest absolute Gasteiger partial charge is 0.352 e. The van der Waals surface area contributed by atoms with Gasteiger partial charge in [-0.2, -0.15) is 0 Å². The maximum Gasteiger partial charge on any atom is 0.129 e. The second-order valence-electron chi connectivity index (χ2n) is 4.69. The van der Waals surface area contributed by atoms with Crippen molar-refractivity contribution in [3.63, 3.8) is 0 Å². The molecule has 0 aliphatic heterocycles. The van der Waals surface area contributed by atoms with E-state index in [1.807, 2.05) is 37.0 Å². The molecule has 2 rings (SSSR count). The SMILES string of the molecule is CCNCc1nc(N(C)Cc2nccn2C)ccc1Cl. The van der Waals surface area contributed by atoms with Crippen LogP contribution >= 0.6 is 11.6 Å². The highest BCUT2D eigenvalue weighted by molar-refractivity contribution is 6.31. The minimum absolute atomic E-state index is 0.680. The quantitative estimate of drug-likeness (QED) is 0.887. The van der Waals surface area contributed by atoms with Crippen molar-refractivity contribution in [2.45, 2.75) is 20.0 Å².